The van der Waals surface area contributed by atoms with E-state index in [1.807, 2.05) is 21.1 Å². The number of unbranched alkanes of at least 4 members (excludes halogenated alkanes) is 17. The summed E-state index contributed by atoms with van der Waals surface area (Å²) in [6.07, 6.45) is 81.1. The van der Waals surface area contributed by atoms with E-state index in [1.165, 1.54) is 51.4 Å². The van der Waals surface area contributed by atoms with Crippen molar-refractivity contribution in [2.75, 3.05) is 47.5 Å². The molecular formula is C66H111NO8P+. The van der Waals surface area contributed by atoms with Crippen LogP contribution in [0.3, 0.4) is 0 Å². The van der Waals surface area contributed by atoms with E-state index in [1.54, 1.807) is 0 Å². The van der Waals surface area contributed by atoms with Crippen molar-refractivity contribution in [3.05, 3.63) is 134 Å². The van der Waals surface area contributed by atoms with Crippen LogP contribution in [0.4, 0.5) is 0 Å². The van der Waals surface area contributed by atoms with Crippen LogP contribution in [0.5, 0.6) is 0 Å². The van der Waals surface area contributed by atoms with Gasteiger partial charge in [-0.1, -0.05) is 231 Å². The number of nitrogens with zero attached hydrogens (tertiary/aromatic N) is 1. The van der Waals surface area contributed by atoms with Crippen molar-refractivity contribution >= 4 is 19.8 Å². The number of hydrogen-bond acceptors (Lipinski definition) is 7. The summed E-state index contributed by atoms with van der Waals surface area (Å²) in [7, 11) is 1.45. The molecule has 0 aromatic rings. The van der Waals surface area contributed by atoms with Crippen molar-refractivity contribution < 1.29 is 42.1 Å². The van der Waals surface area contributed by atoms with E-state index in [0.717, 1.165) is 128 Å². The number of carbonyl (C=O) groups is 2. The molecule has 0 rings (SSSR count). The van der Waals surface area contributed by atoms with Gasteiger partial charge in [-0.2, -0.15) is 0 Å². The lowest BCUT2D eigenvalue weighted by atomic mass is 10.0. The molecule has 0 aromatic carbocycles. The maximum atomic E-state index is 12.8. The summed E-state index contributed by atoms with van der Waals surface area (Å²) in [6, 6.07) is 0. The molecule has 0 saturated carbocycles. The van der Waals surface area contributed by atoms with Gasteiger partial charge in [-0.3, -0.25) is 18.6 Å². The van der Waals surface area contributed by atoms with E-state index < -0.39 is 26.5 Å². The molecule has 76 heavy (non-hydrogen) atoms. The van der Waals surface area contributed by atoms with Crippen LogP contribution in [0.1, 0.15) is 219 Å². The highest BCUT2D eigenvalue weighted by atomic mass is 31.2. The first kappa shape index (κ1) is 72.2. The molecule has 0 amide bonds. The number of esters is 2. The van der Waals surface area contributed by atoms with E-state index in [4.69, 9.17) is 18.5 Å². The summed E-state index contributed by atoms with van der Waals surface area (Å²) in [5.41, 5.74) is 0. The fourth-order valence-electron chi connectivity index (χ4n) is 7.57. The zero-order chi connectivity index (χ0) is 55.6. The Morgan fingerprint density at radius 1 is 0.421 bits per heavy atom. The van der Waals surface area contributed by atoms with Crippen LogP contribution < -0.4 is 0 Å². The van der Waals surface area contributed by atoms with E-state index in [9.17, 15) is 19.0 Å². The van der Waals surface area contributed by atoms with Crippen LogP contribution in [-0.4, -0.2) is 74.9 Å². The number of ether oxygens (including phenoxy) is 2. The second kappa shape index (κ2) is 55.9. The zero-order valence-electron chi connectivity index (χ0n) is 48.9. The standard InChI is InChI=1S/C66H110NO8P/c1-6-8-10-12-14-16-18-20-21-22-23-24-25-26-27-28-29-30-31-32-33-34-35-36-37-38-39-40-41-42-43-44-45-47-49-51-53-55-57-59-66(69)75-64(63-74-76(70,71)73-61-60-67(3,4)5)62-72-65(68)58-56-54-52-50-48-46-19-17-15-13-11-9-7-2/h8,10-11,13-14,16-17,19-21,23-24,26-27,29-30,32-33,35-36,38-39,64H,6-7,9,12,15,18,22,25,28,31,34,37,40-63H2,1-5H3/p+1/b10-8-,13-11-,16-14-,19-17-,21-20-,24-23-,27-26-,30-29-,33-32-,36-35-,39-38-. The molecule has 0 aromatic heterocycles. The minimum atomic E-state index is -4.39. The largest absolute Gasteiger partial charge is 0.472 e. The maximum Gasteiger partial charge on any atom is 0.472 e. The average Bonchev–Trinajstić information content (AvgIpc) is 3.38. The van der Waals surface area contributed by atoms with Crippen molar-refractivity contribution in [2.45, 2.75) is 225 Å². The first-order valence-corrected chi connectivity index (χ1v) is 31.4. The second-order valence-corrected chi connectivity index (χ2v) is 22.1. The molecule has 0 aliphatic rings. The van der Waals surface area contributed by atoms with Crippen LogP contribution in [-0.2, 0) is 32.7 Å². The summed E-state index contributed by atoms with van der Waals surface area (Å²) in [5.74, 6) is -0.826. The molecule has 0 heterocycles. The third kappa shape index (κ3) is 59.4. The summed E-state index contributed by atoms with van der Waals surface area (Å²) in [4.78, 5) is 35.6. The van der Waals surface area contributed by atoms with Crippen molar-refractivity contribution in [3.8, 4) is 0 Å². The Morgan fingerprint density at radius 2 is 0.750 bits per heavy atom. The Labute approximate surface area is 466 Å². The second-order valence-electron chi connectivity index (χ2n) is 20.6. The predicted molar refractivity (Wildman–Crippen MR) is 325 cm³/mol. The number of carbonyl (C=O) groups excluding carboxylic acids is 2. The van der Waals surface area contributed by atoms with Gasteiger partial charge in [-0.25, -0.2) is 4.57 Å². The number of likely N-dealkylation sites (N-methyl/N-ethyl adjacent to an activating group) is 1. The third-order valence-electron chi connectivity index (χ3n) is 12.1. The number of allylic oxidation sites excluding steroid dienone is 22. The molecule has 0 saturated heterocycles. The quantitative estimate of drug-likeness (QED) is 0.0211. The Morgan fingerprint density at radius 3 is 1.12 bits per heavy atom. The molecule has 0 fully saturated rings. The van der Waals surface area contributed by atoms with Gasteiger partial charge in [0.1, 0.15) is 19.8 Å². The van der Waals surface area contributed by atoms with Gasteiger partial charge in [0.2, 0.25) is 0 Å². The van der Waals surface area contributed by atoms with E-state index in [0.29, 0.717) is 23.9 Å². The zero-order valence-corrected chi connectivity index (χ0v) is 49.8. The highest BCUT2D eigenvalue weighted by Crippen LogP contribution is 2.43. The molecular weight excluding hydrogens is 966 g/mol. The molecule has 0 radical (unpaired) electrons. The van der Waals surface area contributed by atoms with Crippen molar-refractivity contribution in [2.24, 2.45) is 0 Å². The van der Waals surface area contributed by atoms with Gasteiger partial charge in [-0.15, -0.1) is 0 Å². The van der Waals surface area contributed by atoms with Gasteiger partial charge >= 0.3 is 19.8 Å². The normalized spacial score (nSPS) is 14.2. The minimum Gasteiger partial charge on any atom is -0.462 e. The van der Waals surface area contributed by atoms with Crippen molar-refractivity contribution in [1.82, 2.24) is 0 Å². The minimum absolute atomic E-state index is 0.0228. The monoisotopic (exact) mass is 1080 g/mol. The van der Waals surface area contributed by atoms with E-state index in [-0.39, 0.29) is 32.0 Å². The van der Waals surface area contributed by atoms with Gasteiger partial charge in [-0.05, 0) is 109 Å². The number of rotatable bonds is 53. The number of quaternary nitrogens is 1. The summed E-state index contributed by atoms with van der Waals surface area (Å²) in [6.45, 7) is 4.21. The fraction of sp³-hybridized carbons (Fsp3) is 0.636. The smallest absolute Gasteiger partial charge is 0.462 e. The topological polar surface area (TPSA) is 108 Å². The summed E-state index contributed by atoms with van der Waals surface area (Å²) in [5, 5.41) is 0. The number of phosphoric acid groups is 1. The Bertz CT molecular complexity index is 1740. The van der Waals surface area contributed by atoms with Crippen LogP contribution in [0.15, 0.2) is 134 Å². The van der Waals surface area contributed by atoms with Crippen molar-refractivity contribution in [1.29, 1.82) is 0 Å². The Hall–Kier alpha value is -3.85. The van der Waals surface area contributed by atoms with Crippen LogP contribution in [0.2, 0.25) is 0 Å². The molecule has 2 atom stereocenters. The van der Waals surface area contributed by atoms with Gasteiger partial charge in [0.05, 0.1) is 27.7 Å². The van der Waals surface area contributed by atoms with Crippen LogP contribution >= 0.6 is 7.82 Å². The predicted octanol–water partition coefficient (Wildman–Crippen LogP) is 18.9. The van der Waals surface area contributed by atoms with Gasteiger partial charge in [0.15, 0.2) is 6.10 Å². The Balaban J connectivity index is 4.08. The van der Waals surface area contributed by atoms with Crippen LogP contribution in [0, 0.1) is 0 Å². The van der Waals surface area contributed by atoms with E-state index >= 15 is 0 Å². The molecule has 0 spiro atoms. The van der Waals surface area contributed by atoms with Gasteiger partial charge < -0.3 is 18.9 Å². The SMILES string of the molecule is CC/C=C\C/C=C\C/C=C\C/C=C\C/C=C\C/C=C\C/C=C\C/C=C\C/C=C\CCCCCCCCCCCCCC(=O)OC(COC(=O)CCCCCCC/C=C\C/C=C\CCC)COP(=O)(O)OCC[N+](C)(C)C. The molecule has 9 nitrogen and oxygen atoms in total. The van der Waals surface area contributed by atoms with Gasteiger partial charge in [0.25, 0.3) is 0 Å². The lowest BCUT2D eigenvalue weighted by Crippen LogP contribution is -2.37. The molecule has 0 bridgehead atoms. The molecule has 1 N–H and O–H groups in total. The van der Waals surface area contributed by atoms with E-state index in [2.05, 4.69) is 148 Å². The first-order valence-electron chi connectivity index (χ1n) is 29.9. The molecule has 0 aliphatic carbocycles. The first-order chi connectivity index (χ1) is 37.0. The molecule has 432 valence electrons. The fourth-order valence-corrected chi connectivity index (χ4v) is 8.32. The molecule has 0 aliphatic heterocycles. The highest BCUT2D eigenvalue weighted by molar-refractivity contribution is 7.47. The lowest BCUT2D eigenvalue weighted by molar-refractivity contribution is -0.870. The number of phosphoric ester groups is 1. The average molecular weight is 1080 g/mol. The third-order valence-corrected chi connectivity index (χ3v) is 13.1. The van der Waals surface area contributed by atoms with Crippen molar-refractivity contribution in [3.63, 3.8) is 0 Å². The van der Waals surface area contributed by atoms with Crippen LogP contribution in [0.25, 0.3) is 0 Å². The van der Waals surface area contributed by atoms with Gasteiger partial charge in [0, 0.05) is 12.8 Å². The maximum absolute atomic E-state index is 12.8. The number of hydrogen-bond donors (Lipinski definition) is 1. The lowest BCUT2D eigenvalue weighted by Gasteiger charge is -2.24. The molecule has 10 heteroatoms. The summed E-state index contributed by atoms with van der Waals surface area (Å²) < 4.78 is 34.5. The molecule has 2 unspecified atom stereocenters. The summed E-state index contributed by atoms with van der Waals surface area (Å²) >= 11 is 0. The Kier molecular flexibility index (Phi) is 53.1. The highest BCUT2D eigenvalue weighted by Gasteiger charge is 2.27.